The Bertz CT molecular complexity index is 925. The molecule has 2 rings (SSSR count). The summed E-state index contributed by atoms with van der Waals surface area (Å²) >= 11 is 0. The molecule has 0 aliphatic heterocycles. The van der Waals surface area contributed by atoms with E-state index in [4.69, 9.17) is 0 Å². The molecule has 2 N–H and O–H groups in total. The van der Waals surface area contributed by atoms with Crippen molar-refractivity contribution in [2.75, 3.05) is 34.2 Å². The van der Waals surface area contributed by atoms with Crippen LogP contribution in [0.1, 0.15) is 46.3 Å². The Labute approximate surface area is 187 Å². The predicted molar refractivity (Wildman–Crippen MR) is 122 cm³/mol. The van der Waals surface area contributed by atoms with Gasteiger partial charge in [0.1, 0.15) is 0 Å². The summed E-state index contributed by atoms with van der Waals surface area (Å²) in [7, 11) is 5.11. The maximum atomic E-state index is 12.9. The molecule has 0 saturated heterocycles. The van der Waals surface area contributed by atoms with E-state index < -0.39 is 11.7 Å². The van der Waals surface area contributed by atoms with Gasteiger partial charge in [0, 0.05) is 39.8 Å². The lowest BCUT2D eigenvalue weighted by atomic mass is 9.96. The standard InChI is InChI=1S/C24H31F3N4O/c1-17(19-8-6-10-21(16-19)24(25,26)27)11-13-29-23(28-2)30-14-12-18-7-5-9-20(15-18)22(32)31(3)4/h5-10,15-17H,11-14H2,1-4H3,(H2,28,29,30). The van der Waals surface area contributed by atoms with Gasteiger partial charge in [-0.1, -0.05) is 37.3 Å². The number of rotatable bonds is 8. The molecule has 0 spiro atoms. The first-order chi connectivity index (χ1) is 15.1. The third kappa shape index (κ3) is 7.59. The van der Waals surface area contributed by atoms with E-state index in [1.165, 1.54) is 12.1 Å². The summed E-state index contributed by atoms with van der Waals surface area (Å²) in [6.07, 6.45) is -2.95. The fraction of sp³-hybridized carbons (Fsp3) is 0.417. The second kappa shape index (κ2) is 11.5. The molecule has 0 aliphatic rings. The minimum atomic E-state index is -4.33. The Morgan fingerprint density at radius 3 is 2.41 bits per heavy atom. The van der Waals surface area contributed by atoms with Gasteiger partial charge in [0.25, 0.3) is 5.91 Å². The van der Waals surface area contributed by atoms with E-state index >= 15 is 0 Å². The zero-order valence-electron chi connectivity index (χ0n) is 19.0. The van der Waals surface area contributed by atoms with Gasteiger partial charge < -0.3 is 15.5 Å². The van der Waals surface area contributed by atoms with E-state index in [0.717, 1.165) is 18.1 Å². The highest BCUT2D eigenvalue weighted by Gasteiger charge is 2.30. The maximum absolute atomic E-state index is 12.9. The number of carbonyl (C=O) groups is 1. The predicted octanol–water partition coefficient (Wildman–Crippen LogP) is 4.31. The molecule has 1 unspecified atom stereocenters. The van der Waals surface area contributed by atoms with E-state index in [0.29, 0.717) is 36.6 Å². The smallest absolute Gasteiger partial charge is 0.356 e. The SMILES string of the molecule is CN=C(NCCc1cccc(C(=O)N(C)C)c1)NCCC(C)c1cccc(C(F)(F)F)c1. The quantitative estimate of drug-likeness (QED) is 0.468. The van der Waals surface area contributed by atoms with Crippen molar-refractivity contribution in [2.45, 2.75) is 31.9 Å². The minimum Gasteiger partial charge on any atom is -0.356 e. The third-order valence-electron chi connectivity index (χ3n) is 5.16. The summed E-state index contributed by atoms with van der Waals surface area (Å²) < 4.78 is 38.8. The summed E-state index contributed by atoms with van der Waals surface area (Å²) in [5.74, 6) is 0.564. The van der Waals surface area contributed by atoms with Crippen molar-refractivity contribution in [3.8, 4) is 0 Å². The number of alkyl halides is 3. The van der Waals surface area contributed by atoms with Crippen molar-refractivity contribution < 1.29 is 18.0 Å². The zero-order valence-corrected chi connectivity index (χ0v) is 19.0. The van der Waals surface area contributed by atoms with Gasteiger partial charge in [-0.2, -0.15) is 13.2 Å². The molecular weight excluding hydrogens is 417 g/mol. The van der Waals surface area contributed by atoms with Crippen LogP contribution >= 0.6 is 0 Å². The second-order valence-electron chi connectivity index (χ2n) is 7.89. The van der Waals surface area contributed by atoms with Gasteiger partial charge in [-0.05, 0) is 48.1 Å². The molecule has 0 saturated carbocycles. The number of hydrogen-bond donors (Lipinski definition) is 2. The molecule has 2 aromatic carbocycles. The third-order valence-corrected chi connectivity index (χ3v) is 5.16. The number of amides is 1. The van der Waals surface area contributed by atoms with Crippen LogP contribution in [-0.2, 0) is 12.6 Å². The van der Waals surface area contributed by atoms with Crippen molar-refractivity contribution in [3.05, 3.63) is 70.8 Å². The second-order valence-corrected chi connectivity index (χ2v) is 7.89. The molecule has 0 aliphatic carbocycles. The number of guanidine groups is 1. The lowest BCUT2D eigenvalue weighted by Crippen LogP contribution is -2.39. The first-order valence-electron chi connectivity index (χ1n) is 10.5. The molecule has 0 heterocycles. The highest BCUT2D eigenvalue weighted by Crippen LogP contribution is 2.31. The molecule has 2 aromatic rings. The molecule has 0 aromatic heterocycles. The van der Waals surface area contributed by atoms with E-state index in [2.05, 4.69) is 15.6 Å². The lowest BCUT2D eigenvalue weighted by Gasteiger charge is -2.16. The molecule has 1 atom stereocenters. The normalized spacial score (nSPS) is 12.9. The van der Waals surface area contributed by atoms with Crippen molar-refractivity contribution >= 4 is 11.9 Å². The number of hydrogen-bond acceptors (Lipinski definition) is 2. The summed E-state index contributed by atoms with van der Waals surface area (Å²) in [6.45, 7) is 3.11. The minimum absolute atomic E-state index is 0.0279. The van der Waals surface area contributed by atoms with Gasteiger partial charge in [0.2, 0.25) is 0 Å². The summed E-state index contributed by atoms with van der Waals surface area (Å²) in [5.41, 5.74) is 1.73. The number of aliphatic imine (C=N–C) groups is 1. The average molecular weight is 449 g/mol. The van der Waals surface area contributed by atoms with E-state index in [-0.39, 0.29) is 11.8 Å². The summed E-state index contributed by atoms with van der Waals surface area (Å²) in [4.78, 5) is 17.8. The summed E-state index contributed by atoms with van der Waals surface area (Å²) in [6, 6.07) is 13.0. The molecule has 1 amide bonds. The van der Waals surface area contributed by atoms with Crippen LogP contribution in [0.25, 0.3) is 0 Å². The van der Waals surface area contributed by atoms with Gasteiger partial charge in [0.05, 0.1) is 5.56 Å². The first-order valence-corrected chi connectivity index (χ1v) is 10.5. The Kier molecular flexibility index (Phi) is 9.11. The van der Waals surface area contributed by atoms with Gasteiger partial charge in [0.15, 0.2) is 5.96 Å². The fourth-order valence-electron chi connectivity index (χ4n) is 3.26. The molecular formula is C24H31F3N4O. The fourth-order valence-corrected chi connectivity index (χ4v) is 3.26. The topological polar surface area (TPSA) is 56.7 Å². The van der Waals surface area contributed by atoms with Gasteiger partial charge in [-0.25, -0.2) is 0 Å². The van der Waals surface area contributed by atoms with Crippen LogP contribution in [0.3, 0.4) is 0 Å². The number of halogens is 3. The molecule has 8 heteroatoms. The molecule has 0 radical (unpaired) electrons. The van der Waals surface area contributed by atoms with Crippen LogP contribution in [0.15, 0.2) is 53.5 Å². The van der Waals surface area contributed by atoms with Crippen molar-refractivity contribution in [2.24, 2.45) is 4.99 Å². The average Bonchev–Trinajstić information content (AvgIpc) is 2.77. The van der Waals surface area contributed by atoms with Crippen LogP contribution < -0.4 is 10.6 Å². The Balaban J connectivity index is 1.80. The number of benzene rings is 2. The van der Waals surface area contributed by atoms with Crippen LogP contribution in [0.2, 0.25) is 0 Å². The molecule has 5 nitrogen and oxygen atoms in total. The van der Waals surface area contributed by atoms with E-state index in [9.17, 15) is 18.0 Å². The Morgan fingerprint density at radius 1 is 1.06 bits per heavy atom. The first kappa shape index (κ1) is 25.2. The number of carbonyl (C=O) groups excluding carboxylic acids is 1. The summed E-state index contributed by atoms with van der Waals surface area (Å²) in [5, 5.41) is 6.43. The van der Waals surface area contributed by atoms with Crippen LogP contribution in [0, 0.1) is 0 Å². The highest BCUT2D eigenvalue weighted by atomic mass is 19.4. The zero-order chi connectivity index (χ0) is 23.7. The van der Waals surface area contributed by atoms with E-state index in [1.807, 2.05) is 25.1 Å². The monoisotopic (exact) mass is 448 g/mol. The largest absolute Gasteiger partial charge is 0.416 e. The molecule has 174 valence electrons. The van der Waals surface area contributed by atoms with Gasteiger partial charge in [-0.3, -0.25) is 9.79 Å². The Morgan fingerprint density at radius 2 is 1.75 bits per heavy atom. The van der Waals surface area contributed by atoms with Crippen molar-refractivity contribution in [1.82, 2.24) is 15.5 Å². The molecule has 32 heavy (non-hydrogen) atoms. The maximum Gasteiger partial charge on any atom is 0.416 e. The van der Waals surface area contributed by atoms with Crippen molar-refractivity contribution in [3.63, 3.8) is 0 Å². The molecule has 0 bridgehead atoms. The van der Waals surface area contributed by atoms with Crippen LogP contribution in [0.4, 0.5) is 13.2 Å². The van der Waals surface area contributed by atoms with Gasteiger partial charge in [-0.15, -0.1) is 0 Å². The van der Waals surface area contributed by atoms with Crippen LogP contribution in [-0.4, -0.2) is 51.0 Å². The Hall–Kier alpha value is -3.03. The van der Waals surface area contributed by atoms with E-state index in [1.54, 1.807) is 38.2 Å². The number of nitrogens with zero attached hydrogens (tertiary/aromatic N) is 2. The molecule has 0 fully saturated rings. The van der Waals surface area contributed by atoms with Crippen molar-refractivity contribution in [1.29, 1.82) is 0 Å². The highest BCUT2D eigenvalue weighted by molar-refractivity contribution is 5.94. The number of nitrogens with one attached hydrogen (secondary N) is 2. The lowest BCUT2D eigenvalue weighted by molar-refractivity contribution is -0.137. The van der Waals surface area contributed by atoms with Gasteiger partial charge >= 0.3 is 6.18 Å². The van der Waals surface area contributed by atoms with Crippen LogP contribution in [0.5, 0.6) is 0 Å².